The van der Waals surface area contributed by atoms with Gasteiger partial charge in [0.05, 0.1) is 6.61 Å². The van der Waals surface area contributed by atoms with Crippen molar-refractivity contribution in [2.24, 2.45) is 0 Å². The molecule has 18 heavy (non-hydrogen) atoms. The number of aryl methyl sites for hydroxylation is 1. The molecule has 0 saturated carbocycles. The molecule has 2 rings (SSSR count). The second-order valence-electron chi connectivity index (χ2n) is 3.94. The Morgan fingerprint density at radius 2 is 1.83 bits per heavy atom. The largest absolute Gasteiger partial charge is 0.454 e. The molecule has 94 valence electrons. The molecule has 0 aliphatic carbocycles. The average Bonchev–Trinajstić information content (AvgIpc) is 2.36. The summed E-state index contributed by atoms with van der Waals surface area (Å²) < 4.78 is 32.1. The summed E-state index contributed by atoms with van der Waals surface area (Å²) in [6.07, 6.45) is 0. The van der Waals surface area contributed by atoms with Crippen LogP contribution in [-0.2, 0) is 6.61 Å². The van der Waals surface area contributed by atoms with Gasteiger partial charge in [-0.15, -0.1) is 0 Å². The fourth-order valence-electron chi connectivity index (χ4n) is 1.49. The summed E-state index contributed by atoms with van der Waals surface area (Å²) in [6, 6.07) is 8.46. The Balaban J connectivity index is 2.25. The van der Waals surface area contributed by atoms with Gasteiger partial charge in [0.2, 0.25) is 0 Å². The number of rotatable bonds is 3. The first kappa shape index (κ1) is 12.5. The summed E-state index contributed by atoms with van der Waals surface area (Å²) in [7, 11) is 0. The lowest BCUT2D eigenvalue weighted by Crippen LogP contribution is -1.92. The van der Waals surface area contributed by atoms with Gasteiger partial charge in [0.15, 0.2) is 11.6 Å². The predicted molar refractivity (Wildman–Crippen MR) is 63.5 cm³/mol. The van der Waals surface area contributed by atoms with Crippen LogP contribution in [0.25, 0.3) is 0 Å². The summed E-state index contributed by atoms with van der Waals surface area (Å²) in [5, 5.41) is 8.85. The van der Waals surface area contributed by atoms with Crippen LogP contribution < -0.4 is 4.74 Å². The van der Waals surface area contributed by atoms with Gasteiger partial charge in [-0.1, -0.05) is 12.1 Å². The third kappa shape index (κ3) is 2.65. The number of aliphatic hydroxyl groups is 1. The molecule has 0 aliphatic rings. The fourth-order valence-corrected chi connectivity index (χ4v) is 1.49. The molecule has 0 amide bonds. The average molecular weight is 250 g/mol. The maximum atomic E-state index is 13.6. The molecule has 0 unspecified atom stereocenters. The van der Waals surface area contributed by atoms with Crippen molar-refractivity contribution >= 4 is 0 Å². The molecule has 0 spiro atoms. The van der Waals surface area contributed by atoms with Crippen LogP contribution in [0.5, 0.6) is 11.5 Å². The molecule has 2 aromatic carbocycles. The molecule has 0 atom stereocenters. The molecular weight excluding hydrogens is 238 g/mol. The lowest BCUT2D eigenvalue weighted by molar-refractivity contribution is 0.281. The van der Waals surface area contributed by atoms with E-state index >= 15 is 0 Å². The lowest BCUT2D eigenvalue weighted by atomic mass is 10.2. The van der Waals surface area contributed by atoms with Crippen LogP contribution in [0, 0.1) is 18.6 Å². The Morgan fingerprint density at radius 1 is 1.06 bits per heavy atom. The van der Waals surface area contributed by atoms with Crippen molar-refractivity contribution in [3.63, 3.8) is 0 Å². The summed E-state index contributed by atoms with van der Waals surface area (Å²) in [5.41, 5.74) is 0.952. The minimum atomic E-state index is -0.595. The molecule has 0 fully saturated rings. The third-order valence-electron chi connectivity index (χ3n) is 2.55. The smallest absolute Gasteiger partial charge is 0.166 e. The van der Waals surface area contributed by atoms with Gasteiger partial charge in [-0.2, -0.15) is 0 Å². The van der Waals surface area contributed by atoms with E-state index in [1.165, 1.54) is 18.2 Å². The number of ether oxygens (including phenoxy) is 1. The number of aliphatic hydroxyl groups excluding tert-OH is 1. The highest BCUT2D eigenvalue weighted by atomic mass is 19.1. The maximum absolute atomic E-state index is 13.6. The van der Waals surface area contributed by atoms with E-state index in [1.54, 1.807) is 25.1 Å². The van der Waals surface area contributed by atoms with E-state index in [0.717, 1.165) is 0 Å². The molecule has 0 aliphatic heterocycles. The van der Waals surface area contributed by atoms with E-state index in [1.807, 2.05) is 0 Å². The molecule has 4 heteroatoms. The normalized spacial score (nSPS) is 10.4. The van der Waals surface area contributed by atoms with Crippen LogP contribution in [0.1, 0.15) is 11.1 Å². The first-order valence-electron chi connectivity index (χ1n) is 5.43. The monoisotopic (exact) mass is 250 g/mol. The standard InChI is InChI=1S/C14H12F2O2/c1-9-2-4-11(7-12(9)15)18-14-5-3-10(8-17)6-13(14)16/h2-7,17H,8H2,1H3. The zero-order valence-electron chi connectivity index (χ0n) is 9.78. The molecule has 2 aromatic rings. The summed E-state index contributed by atoms with van der Waals surface area (Å²) in [4.78, 5) is 0. The van der Waals surface area contributed by atoms with E-state index in [-0.39, 0.29) is 18.1 Å². The second kappa shape index (κ2) is 5.14. The van der Waals surface area contributed by atoms with E-state index in [9.17, 15) is 8.78 Å². The van der Waals surface area contributed by atoms with Crippen molar-refractivity contribution in [3.05, 3.63) is 59.2 Å². The zero-order valence-corrected chi connectivity index (χ0v) is 9.78. The number of hydrogen-bond donors (Lipinski definition) is 1. The van der Waals surface area contributed by atoms with Crippen LogP contribution in [0.15, 0.2) is 36.4 Å². The van der Waals surface area contributed by atoms with Crippen molar-refractivity contribution in [1.29, 1.82) is 0 Å². The molecular formula is C14H12F2O2. The highest BCUT2D eigenvalue weighted by molar-refractivity contribution is 5.35. The number of hydrogen-bond acceptors (Lipinski definition) is 2. The van der Waals surface area contributed by atoms with Gasteiger partial charge in [-0.05, 0) is 36.2 Å². The van der Waals surface area contributed by atoms with Crippen molar-refractivity contribution in [3.8, 4) is 11.5 Å². The van der Waals surface area contributed by atoms with Gasteiger partial charge in [-0.25, -0.2) is 8.78 Å². The van der Waals surface area contributed by atoms with E-state index in [2.05, 4.69) is 0 Å². The second-order valence-corrected chi connectivity index (χ2v) is 3.94. The SMILES string of the molecule is Cc1ccc(Oc2ccc(CO)cc2F)cc1F. The van der Waals surface area contributed by atoms with Gasteiger partial charge >= 0.3 is 0 Å². The Kier molecular flexibility index (Phi) is 3.58. The summed E-state index contributed by atoms with van der Waals surface area (Å²) >= 11 is 0. The minimum absolute atomic E-state index is 0.00421. The van der Waals surface area contributed by atoms with Crippen LogP contribution >= 0.6 is 0 Å². The summed E-state index contributed by atoms with van der Waals surface area (Å²) in [6.45, 7) is 1.39. The van der Waals surface area contributed by atoms with Crippen LogP contribution in [0.4, 0.5) is 8.78 Å². The third-order valence-corrected chi connectivity index (χ3v) is 2.55. The molecule has 0 aromatic heterocycles. The van der Waals surface area contributed by atoms with Gasteiger partial charge in [0.25, 0.3) is 0 Å². The minimum Gasteiger partial charge on any atom is -0.454 e. The van der Waals surface area contributed by atoms with Crippen LogP contribution in [0.2, 0.25) is 0 Å². The van der Waals surface area contributed by atoms with Crippen molar-refractivity contribution < 1.29 is 18.6 Å². The van der Waals surface area contributed by atoms with E-state index in [4.69, 9.17) is 9.84 Å². The van der Waals surface area contributed by atoms with Gasteiger partial charge in [0, 0.05) is 6.07 Å². The van der Waals surface area contributed by atoms with E-state index in [0.29, 0.717) is 11.1 Å². The maximum Gasteiger partial charge on any atom is 0.166 e. The van der Waals surface area contributed by atoms with Gasteiger partial charge < -0.3 is 9.84 Å². The van der Waals surface area contributed by atoms with Crippen molar-refractivity contribution in [2.75, 3.05) is 0 Å². The Hall–Kier alpha value is -1.94. The topological polar surface area (TPSA) is 29.5 Å². The Labute approximate surface area is 103 Å². The molecule has 0 saturated heterocycles. The molecule has 2 nitrogen and oxygen atoms in total. The Morgan fingerprint density at radius 3 is 2.44 bits per heavy atom. The van der Waals surface area contributed by atoms with Crippen LogP contribution in [0.3, 0.4) is 0 Å². The zero-order chi connectivity index (χ0) is 13.1. The van der Waals surface area contributed by atoms with Crippen molar-refractivity contribution in [2.45, 2.75) is 13.5 Å². The highest BCUT2D eigenvalue weighted by Crippen LogP contribution is 2.26. The van der Waals surface area contributed by atoms with E-state index < -0.39 is 11.6 Å². The van der Waals surface area contributed by atoms with Gasteiger partial charge in [-0.3, -0.25) is 0 Å². The Bertz CT molecular complexity index is 568. The first-order chi connectivity index (χ1) is 8.60. The lowest BCUT2D eigenvalue weighted by Gasteiger charge is -2.08. The molecule has 1 N–H and O–H groups in total. The first-order valence-corrected chi connectivity index (χ1v) is 5.43. The molecule has 0 bridgehead atoms. The fraction of sp³-hybridized carbons (Fsp3) is 0.143. The number of halogens is 2. The number of benzene rings is 2. The predicted octanol–water partition coefficient (Wildman–Crippen LogP) is 3.56. The summed E-state index contributed by atoms with van der Waals surface area (Å²) in [5.74, 6) is -0.772. The van der Waals surface area contributed by atoms with Gasteiger partial charge in [0.1, 0.15) is 11.6 Å². The highest BCUT2D eigenvalue weighted by Gasteiger charge is 2.07. The molecule has 0 heterocycles. The molecule has 0 radical (unpaired) electrons. The van der Waals surface area contributed by atoms with Crippen LogP contribution in [-0.4, -0.2) is 5.11 Å². The quantitative estimate of drug-likeness (QED) is 0.902. The van der Waals surface area contributed by atoms with Crippen molar-refractivity contribution in [1.82, 2.24) is 0 Å².